The van der Waals surface area contributed by atoms with E-state index in [9.17, 15) is 14.4 Å². The number of likely N-dealkylation sites (tertiary alicyclic amines) is 1. The Balaban J connectivity index is 1.86. The molecule has 7 nitrogen and oxygen atoms in total. The molecule has 0 radical (unpaired) electrons. The molecule has 40 heavy (non-hydrogen) atoms. The number of benzene rings is 2. The fourth-order valence-electron chi connectivity index (χ4n) is 4.96. The third kappa shape index (κ3) is 7.43. The van der Waals surface area contributed by atoms with E-state index in [2.05, 4.69) is 26.0 Å². The first-order chi connectivity index (χ1) is 19.0. The maximum atomic E-state index is 13.7. The van der Waals surface area contributed by atoms with E-state index >= 15 is 0 Å². The van der Waals surface area contributed by atoms with Gasteiger partial charge in [0.05, 0.1) is 14.2 Å². The zero-order chi connectivity index (χ0) is 29.4. The highest BCUT2D eigenvalue weighted by Crippen LogP contribution is 2.32. The number of carbonyl (C=O) groups excluding carboxylic acids is 3. The Morgan fingerprint density at radius 3 is 2.33 bits per heavy atom. The predicted octanol–water partition coefficient (Wildman–Crippen LogP) is 6.43. The van der Waals surface area contributed by atoms with Gasteiger partial charge in [-0.25, -0.2) is 4.79 Å². The molecule has 1 aliphatic heterocycles. The third-order valence-corrected chi connectivity index (χ3v) is 8.08. The van der Waals surface area contributed by atoms with Crippen LogP contribution in [0.2, 0.25) is 0 Å². The Labute approximate surface area is 239 Å². The second-order valence-corrected chi connectivity index (χ2v) is 11.6. The molecule has 0 bridgehead atoms. The van der Waals surface area contributed by atoms with E-state index in [4.69, 9.17) is 14.2 Å². The monoisotopic (exact) mass is 551 g/mol. The van der Waals surface area contributed by atoms with Gasteiger partial charge in [0.1, 0.15) is 12.1 Å². The van der Waals surface area contributed by atoms with Gasteiger partial charge < -0.3 is 19.1 Å². The van der Waals surface area contributed by atoms with Crippen LogP contribution < -0.4 is 9.47 Å². The van der Waals surface area contributed by atoms with Crippen LogP contribution in [0, 0.1) is 5.41 Å². The van der Waals surface area contributed by atoms with Crippen LogP contribution in [0.5, 0.6) is 11.5 Å². The lowest BCUT2D eigenvalue weighted by Crippen LogP contribution is -2.53. The lowest BCUT2D eigenvalue weighted by Gasteiger charge is -2.36. The van der Waals surface area contributed by atoms with Gasteiger partial charge in [0.15, 0.2) is 11.5 Å². The summed E-state index contributed by atoms with van der Waals surface area (Å²) in [6.45, 7) is 10.1. The average Bonchev–Trinajstić information content (AvgIpc) is 2.98. The SMILES string of the molecule is CCC(C)(C)C(=O)C(=O)N1CCCCC1C(=O)OC(CCc1ccc(OC)c(OC)c1)c1cccc(C(C)C)c1. The molecule has 2 atom stereocenters. The van der Waals surface area contributed by atoms with Crippen LogP contribution in [0.4, 0.5) is 0 Å². The van der Waals surface area contributed by atoms with Gasteiger partial charge in [-0.3, -0.25) is 9.59 Å². The van der Waals surface area contributed by atoms with Crippen molar-refractivity contribution < 1.29 is 28.6 Å². The Hall–Kier alpha value is -3.35. The highest BCUT2D eigenvalue weighted by molar-refractivity contribution is 6.38. The van der Waals surface area contributed by atoms with Gasteiger partial charge in [0.25, 0.3) is 5.91 Å². The van der Waals surface area contributed by atoms with Gasteiger partial charge in [0.2, 0.25) is 5.78 Å². The summed E-state index contributed by atoms with van der Waals surface area (Å²) >= 11 is 0. The summed E-state index contributed by atoms with van der Waals surface area (Å²) in [5, 5.41) is 0. The largest absolute Gasteiger partial charge is 0.493 e. The fraction of sp³-hybridized carbons (Fsp3) is 0.545. The topological polar surface area (TPSA) is 82.1 Å². The molecule has 1 aliphatic rings. The molecular formula is C33H45NO6. The van der Waals surface area contributed by atoms with E-state index in [1.54, 1.807) is 28.1 Å². The molecule has 2 aromatic rings. The molecule has 0 spiro atoms. The highest BCUT2D eigenvalue weighted by atomic mass is 16.5. The fourth-order valence-corrected chi connectivity index (χ4v) is 4.96. The van der Waals surface area contributed by atoms with Crippen molar-refractivity contribution in [3.8, 4) is 11.5 Å². The van der Waals surface area contributed by atoms with Crippen molar-refractivity contribution in [2.24, 2.45) is 5.41 Å². The zero-order valence-electron chi connectivity index (χ0n) is 25.1. The number of esters is 1. The van der Waals surface area contributed by atoms with Crippen molar-refractivity contribution >= 4 is 17.7 Å². The number of Topliss-reactive ketones (excluding diaryl/α,β-unsaturated/α-hetero) is 1. The van der Waals surface area contributed by atoms with E-state index in [1.165, 1.54) is 4.90 Å². The average molecular weight is 552 g/mol. The lowest BCUT2D eigenvalue weighted by molar-refractivity contribution is -0.164. The molecule has 0 N–H and O–H groups in total. The standard InChI is InChI=1S/C33H45NO6/c1-8-33(4,5)30(35)31(36)34-19-10-9-14-26(34)32(37)40-27(25-13-11-12-24(21-25)22(2)3)17-15-23-16-18-28(38-6)29(20-23)39-7/h11-13,16,18,20-22,26-27H,8-10,14-15,17,19H2,1-7H3. The number of ether oxygens (including phenoxy) is 3. The number of rotatable bonds is 12. The third-order valence-electron chi connectivity index (χ3n) is 8.08. The number of amides is 1. The van der Waals surface area contributed by atoms with Crippen molar-refractivity contribution in [3.63, 3.8) is 0 Å². The van der Waals surface area contributed by atoms with Crippen molar-refractivity contribution in [3.05, 3.63) is 59.2 Å². The summed E-state index contributed by atoms with van der Waals surface area (Å²) in [4.78, 5) is 41.4. The molecule has 3 rings (SSSR count). The van der Waals surface area contributed by atoms with Crippen LogP contribution in [0.1, 0.15) is 95.4 Å². The molecule has 0 aliphatic carbocycles. The molecule has 218 valence electrons. The first-order valence-corrected chi connectivity index (χ1v) is 14.4. The number of hydrogen-bond acceptors (Lipinski definition) is 6. The molecular weight excluding hydrogens is 506 g/mol. The van der Waals surface area contributed by atoms with Gasteiger partial charge >= 0.3 is 5.97 Å². The first kappa shape index (κ1) is 31.2. The van der Waals surface area contributed by atoms with E-state index in [0.29, 0.717) is 49.6 Å². The summed E-state index contributed by atoms with van der Waals surface area (Å²) in [5.41, 5.74) is 2.33. The number of carbonyl (C=O) groups is 3. The maximum absolute atomic E-state index is 13.7. The minimum Gasteiger partial charge on any atom is -0.493 e. The van der Waals surface area contributed by atoms with Gasteiger partial charge in [-0.1, -0.05) is 65.0 Å². The Bertz CT molecular complexity index is 1190. The van der Waals surface area contributed by atoms with Crippen molar-refractivity contribution in [2.45, 2.75) is 91.2 Å². The maximum Gasteiger partial charge on any atom is 0.329 e. The number of ketones is 1. The number of hydrogen-bond donors (Lipinski definition) is 0. The number of methoxy groups -OCH3 is 2. The zero-order valence-corrected chi connectivity index (χ0v) is 25.1. The van der Waals surface area contributed by atoms with Crippen molar-refractivity contribution in [1.82, 2.24) is 4.90 Å². The van der Waals surface area contributed by atoms with E-state index < -0.39 is 35.2 Å². The Morgan fingerprint density at radius 1 is 0.975 bits per heavy atom. The summed E-state index contributed by atoms with van der Waals surface area (Å²) in [5.74, 6) is 0.124. The molecule has 0 saturated carbocycles. The minimum absolute atomic E-state index is 0.321. The van der Waals surface area contributed by atoms with Crippen LogP contribution in [0.3, 0.4) is 0 Å². The van der Waals surface area contributed by atoms with E-state index in [0.717, 1.165) is 29.5 Å². The van der Waals surface area contributed by atoms with Gasteiger partial charge in [-0.15, -0.1) is 0 Å². The second-order valence-electron chi connectivity index (χ2n) is 11.6. The van der Waals surface area contributed by atoms with Gasteiger partial charge in [0, 0.05) is 12.0 Å². The number of aryl methyl sites for hydroxylation is 1. The molecule has 2 unspecified atom stereocenters. The van der Waals surface area contributed by atoms with Crippen LogP contribution in [-0.4, -0.2) is 49.4 Å². The minimum atomic E-state index is -0.776. The van der Waals surface area contributed by atoms with Crippen LogP contribution in [0.25, 0.3) is 0 Å². The first-order valence-electron chi connectivity index (χ1n) is 14.4. The van der Waals surface area contributed by atoms with E-state index in [-0.39, 0.29) is 0 Å². The number of nitrogens with zero attached hydrogens (tertiary/aromatic N) is 1. The van der Waals surface area contributed by atoms with E-state index in [1.807, 2.05) is 37.3 Å². The molecule has 7 heteroatoms. The summed E-state index contributed by atoms with van der Waals surface area (Å²) < 4.78 is 17.0. The quantitative estimate of drug-likeness (QED) is 0.223. The predicted molar refractivity (Wildman–Crippen MR) is 156 cm³/mol. The van der Waals surface area contributed by atoms with Crippen molar-refractivity contribution in [1.29, 1.82) is 0 Å². The smallest absolute Gasteiger partial charge is 0.329 e. The summed E-state index contributed by atoms with van der Waals surface area (Å²) in [7, 11) is 3.21. The lowest BCUT2D eigenvalue weighted by atomic mass is 9.84. The Kier molecular flexibility index (Phi) is 10.8. The normalized spacial score (nSPS) is 16.4. The molecule has 2 aromatic carbocycles. The van der Waals surface area contributed by atoms with Crippen LogP contribution >= 0.6 is 0 Å². The molecule has 0 aromatic heterocycles. The van der Waals surface area contributed by atoms with Gasteiger partial charge in [-0.05, 0) is 73.3 Å². The number of piperidine rings is 1. The van der Waals surface area contributed by atoms with Crippen molar-refractivity contribution in [2.75, 3.05) is 20.8 Å². The van der Waals surface area contributed by atoms with Crippen LogP contribution in [0.15, 0.2) is 42.5 Å². The molecule has 1 amide bonds. The van der Waals surface area contributed by atoms with Crippen LogP contribution in [-0.2, 0) is 25.5 Å². The molecule has 1 heterocycles. The highest BCUT2D eigenvalue weighted by Gasteiger charge is 2.41. The van der Waals surface area contributed by atoms with Gasteiger partial charge in [-0.2, -0.15) is 0 Å². The second kappa shape index (κ2) is 13.8. The summed E-state index contributed by atoms with van der Waals surface area (Å²) in [6, 6.07) is 13.2. The summed E-state index contributed by atoms with van der Waals surface area (Å²) in [6.07, 6.45) is 3.26. The molecule has 1 saturated heterocycles. The molecule has 1 fully saturated rings. The Morgan fingerprint density at radius 2 is 1.68 bits per heavy atom.